The highest BCUT2D eigenvalue weighted by Gasteiger charge is 2.02. The molecule has 2 rings (SSSR count). The molecule has 2 heterocycles. The van der Waals surface area contributed by atoms with E-state index in [0.29, 0.717) is 0 Å². The van der Waals surface area contributed by atoms with Crippen molar-refractivity contribution in [3.63, 3.8) is 0 Å². The molecule has 0 unspecified atom stereocenters. The Kier molecular flexibility index (Phi) is 2.24. The number of aliphatic hydroxyl groups is 1. The molecule has 1 N–H and O–H groups in total. The minimum absolute atomic E-state index is 0.488. The second-order valence-electron chi connectivity index (χ2n) is 2.99. The smallest absolute Gasteiger partial charge is 0.139 e. The average molecular weight is 190 g/mol. The van der Waals surface area contributed by atoms with Gasteiger partial charge in [-0.05, 0) is 18.6 Å². The molecule has 0 spiro atoms. The number of hydrogen-bond donors (Lipinski definition) is 1. The molecular weight excluding hydrogens is 180 g/mol. The van der Waals surface area contributed by atoms with E-state index in [1.807, 2.05) is 12.1 Å². The summed E-state index contributed by atoms with van der Waals surface area (Å²) in [6.07, 6.45) is 4.30. The lowest BCUT2D eigenvalue weighted by molar-refractivity contribution is 0.199. The van der Waals surface area contributed by atoms with Gasteiger partial charge in [0.25, 0.3) is 0 Å². The van der Waals surface area contributed by atoms with Gasteiger partial charge in [0.15, 0.2) is 0 Å². The lowest BCUT2D eigenvalue weighted by Gasteiger charge is -2.04. The predicted molar refractivity (Wildman–Crippen MR) is 49.8 cm³/mol. The fourth-order valence-electron chi connectivity index (χ4n) is 1.12. The molecule has 2 aromatic heterocycles. The Morgan fingerprint density at radius 1 is 1.29 bits per heavy atom. The van der Waals surface area contributed by atoms with E-state index in [-0.39, 0.29) is 0 Å². The van der Waals surface area contributed by atoms with Gasteiger partial charge in [-0.25, -0.2) is 4.98 Å². The summed E-state index contributed by atoms with van der Waals surface area (Å²) in [5.74, 6) is 0.736. The molecule has 0 saturated heterocycles. The van der Waals surface area contributed by atoms with Crippen LogP contribution < -0.4 is 0 Å². The summed E-state index contributed by atoms with van der Waals surface area (Å²) in [5, 5.41) is 16.6. The zero-order valence-corrected chi connectivity index (χ0v) is 7.70. The summed E-state index contributed by atoms with van der Waals surface area (Å²) in [6, 6.07) is 3.64. The molecular formula is C9H10N4O. The van der Waals surface area contributed by atoms with Crippen LogP contribution in [-0.4, -0.2) is 24.9 Å². The van der Waals surface area contributed by atoms with E-state index < -0.39 is 6.10 Å². The van der Waals surface area contributed by atoms with E-state index in [0.717, 1.165) is 11.4 Å². The fourth-order valence-corrected chi connectivity index (χ4v) is 1.12. The topological polar surface area (TPSA) is 63.8 Å². The third-order valence-corrected chi connectivity index (χ3v) is 1.94. The molecule has 1 atom stereocenters. The van der Waals surface area contributed by atoms with Crippen molar-refractivity contribution in [1.29, 1.82) is 0 Å². The Labute approximate surface area is 81.1 Å². The highest BCUT2D eigenvalue weighted by molar-refractivity contribution is 5.25. The number of hydrogen-bond acceptors (Lipinski definition) is 4. The van der Waals surface area contributed by atoms with Crippen molar-refractivity contribution >= 4 is 0 Å². The van der Waals surface area contributed by atoms with Gasteiger partial charge in [-0.3, -0.25) is 4.57 Å². The van der Waals surface area contributed by atoms with Crippen LogP contribution in [-0.2, 0) is 0 Å². The third kappa shape index (κ3) is 1.62. The van der Waals surface area contributed by atoms with Crippen molar-refractivity contribution in [2.45, 2.75) is 13.0 Å². The van der Waals surface area contributed by atoms with Gasteiger partial charge in [-0.1, -0.05) is 6.07 Å². The Balaban J connectivity index is 2.31. The van der Waals surface area contributed by atoms with E-state index in [4.69, 9.17) is 0 Å². The maximum Gasteiger partial charge on any atom is 0.139 e. The van der Waals surface area contributed by atoms with Crippen LogP contribution in [0.25, 0.3) is 5.82 Å². The van der Waals surface area contributed by atoms with Crippen molar-refractivity contribution in [1.82, 2.24) is 19.7 Å². The molecule has 0 aliphatic rings. The molecule has 14 heavy (non-hydrogen) atoms. The summed E-state index contributed by atoms with van der Waals surface area (Å²) in [5.41, 5.74) is 0.793. The van der Waals surface area contributed by atoms with Gasteiger partial charge in [0, 0.05) is 6.20 Å². The quantitative estimate of drug-likeness (QED) is 0.757. The van der Waals surface area contributed by atoms with E-state index >= 15 is 0 Å². The van der Waals surface area contributed by atoms with Crippen LogP contribution in [0, 0.1) is 0 Å². The monoisotopic (exact) mass is 190 g/mol. The molecule has 0 aliphatic heterocycles. The molecule has 0 aliphatic carbocycles. The van der Waals surface area contributed by atoms with Crippen molar-refractivity contribution in [2.75, 3.05) is 0 Å². The molecule has 0 saturated carbocycles. The zero-order valence-electron chi connectivity index (χ0n) is 7.70. The van der Waals surface area contributed by atoms with Crippen LogP contribution in [0.2, 0.25) is 0 Å². The molecule has 0 amide bonds. The number of pyridine rings is 1. The molecule has 5 nitrogen and oxygen atoms in total. The normalized spacial score (nSPS) is 12.7. The van der Waals surface area contributed by atoms with Gasteiger partial charge in [-0.15, -0.1) is 10.2 Å². The van der Waals surface area contributed by atoms with Crippen LogP contribution in [0.5, 0.6) is 0 Å². The first-order chi connectivity index (χ1) is 6.77. The summed E-state index contributed by atoms with van der Waals surface area (Å²) >= 11 is 0. The first-order valence-corrected chi connectivity index (χ1v) is 4.26. The Bertz CT molecular complexity index is 393. The fraction of sp³-hybridized carbons (Fsp3) is 0.222. The Morgan fingerprint density at radius 3 is 2.50 bits per heavy atom. The second kappa shape index (κ2) is 3.55. The number of rotatable bonds is 2. The zero-order chi connectivity index (χ0) is 9.97. The summed E-state index contributed by atoms with van der Waals surface area (Å²) in [6.45, 7) is 1.70. The SMILES string of the molecule is C[C@@H](O)c1ccc(-n2cnnc2)nc1. The van der Waals surface area contributed by atoms with E-state index in [1.165, 1.54) is 0 Å². The van der Waals surface area contributed by atoms with Gasteiger partial charge < -0.3 is 5.11 Å². The highest BCUT2D eigenvalue weighted by atomic mass is 16.3. The molecule has 5 heteroatoms. The minimum Gasteiger partial charge on any atom is -0.389 e. The van der Waals surface area contributed by atoms with Gasteiger partial charge >= 0.3 is 0 Å². The molecule has 72 valence electrons. The van der Waals surface area contributed by atoms with E-state index in [2.05, 4.69) is 15.2 Å². The van der Waals surface area contributed by atoms with E-state index in [1.54, 1.807) is 30.3 Å². The Morgan fingerprint density at radius 2 is 2.00 bits per heavy atom. The lowest BCUT2D eigenvalue weighted by Crippen LogP contribution is -1.97. The highest BCUT2D eigenvalue weighted by Crippen LogP contribution is 2.11. The first-order valence-electron chi connectivity index (χ1n) is 4.26. The average Bonchev–Trinajstić information content (AvgIpc) is 2.71. The summed E-state index contributed by atoms with van der Waals surface area (Å²) in [7, 11) is 0. The molecule has 0 bridgehead atoms. The lowest BCUT2D eigenvalue weighted by atomic mass is 10.2. The molecule has 0 radical (unpaired) electrons. The van der Waals surface area contributed by atoms with Crippen LogP contribution in [0.3, 0.4) is 0 Å². The number of aliphatic hydroxyl groups excluding tert-OH is 1. The number of aromatic nitrogens is 4. The van der Waals surface area contributed by atoms with Gasteiger partial charge in [0.05, 0.1) is 6.10 Å². The van der Waals surface area contributed by atoms with Crippen molar-refractivity contribution in [2.24, 2.45) is 0 Å². The van der Waals surface area contributed by atoms with Crippen LogP contribution in [0.15, 0.2) is 31.0 Å². The minimum atomic E-state index is -0.488. The first kappa shape index (κ1) is 8.83. The maximum absolute atomic E-state index is 9.27. The van der Waals surface area contributed by atoms with Crippen molar-refractivity contribution in [3.05, 3.63) is 36.5 Å². The van der Waals surface area contributed by atoms with Crippen LogP contribution in [0.1, 0.15) is 18.6 Å². The predicted octanol–water partition coefficient (Wildman–Crippen LogP) is 0.716. The van der Waals surface area contributed by atoms with Crippen LogP contribution >= 0.6 is 0 Å². The molecule has 0 fully saturated rings. The third-order valence-electron chi connectivity index (χ3n) is 1.94. The summed E-state index contributed by atoms with van der Waals surface area (Å²) < 4.78 is 1.70. The van der Waals surface area contributed by atoms with Gasteiger partial charge in [-0.2, -0.15) is 0 Å². The van der Waals surface area contributed by atoms with E-state index in [9.17, 15) is 5.11 Å². The van der Waals surface area contributed by atoms with Gasteiger partial charge in [0.2, 0.25) is 0 Å². The Hall–Kier alpha value is -1.75. The van der Waals surface area contributed by atoms with Gasteiger partial charge in [0.1, 0.15) is 18.5 Å². The van der Waals surface area contributed by atoms with Crippen molar-refractivity contribution < 1.29 is 5.11 Å². The molecule has 2 aromatic rings. The maximum atomic E-state index is 9.27. The van der Waals surface area contributed by atoms with Crippen LogP contribution in [0.4, 0.5) is 0 Å². The second-order valence-corrected chi connectivity index (χ2v) is 2.99. The van der Waals surface area contributed by atoms with Crippen molar-refractivity contribution in [3.8, 4) is 5.82 Å². The summed E-state index contributed by atoms with van der Waals surface area (Å²) in [4.78, 5) is 4.17. The standard InChI is InChI=1S/C9H10N4O/c1-7(14)8-2-3-9(10-4-8)13-5-11-12-6-13/h2-7,14H,1H3/t7-/m1/s1. The largest absolute Gasteiger partial charge is 0.389 e. The molecule has 0 aromatic carbocycles. The number of nitrogens with zero attached hydrogens (tertiary/aromatic N) is 4.